The number of nitrogens with zero attached hydrogens (tertiary/aromatic N) is 3. The highest BCUT2D eigenvalue weighted by molar-refractivity contribution is 5.94. The van der Waals surface area contributed by atoms with Gasteiger partial charge in [-0.15, -0.1) is 0 Å². The molecule has 0 saturated heterocycles. The summed E-state index contributed by atoms with van der Waals surface area (Å²) in [5.74, 6) is 0.215. The first-order valence-electron chi connectivity index (χ1n) is 5.96. The van der Waals surface area contributed by atoms with Gasteiger partial charge in [0.25, 0.3) is 0 Å². The molecule has 1 unspecified atom stereocenters. The van der Waals surface area contributed by atoms with Gasteiger partial charge < -0.3 is 11.1 Å². The summed E-state index contributed by atoms with van der Waals surface area (Å²) in [6.07, 6.45) is 3.30. The first kappa shape index (κ1) is 13.2. The van der Waals surface area contributed by atoms with E-state index in [1.807, 2.05) is 19.9 Å². The number of hydrogen-bond acceptors (Lipinski definition) is 4. The van der Waals surface area contributed by atoms with Gasteiger partial charge in [-0.05, 0) is 31.5 Å². The van der Waals surface area contributed by atoms with Crippen LogP contribution in [0.25, 0.3) is 0 Å². The summed E-state index contributed by atoms with van der Waals surface area (Å²) >= 11 is 0. The summed E-state index contributed by atoms with van der Waals surface area (Å²) in [5, 5.41) is 6.72. The van der Waals surface area contributed by atoms with Crippen molar-refractivity contribution in [2.45, 2.75) is 19.9 Å². The molecule has 0 aliphatic carbocycles. The molecule has 2 heterocycles. The Morgan fingerprint density at radius 3 is 2.74 bits per heavy atom. The average Bonchev–Trinajstić information content (AvgIpc) is 2.73. The van der Waals surface area contributed by atoms with Crippen LogP contribution in [0.1, 0.15) is 22.9 Å². The number of aromatic nitrogens is 3. The molecule has 3 N–H and O–H groups in total. The molecule has 0 aromatic carbocycles. The van der Waals surface area contributed by atoms with Crippen LogP contribution in [0, 0.1) is 13.8 Å². The molecular formula is C13H17N5O. The number of carbonyl (C=O) groups excluding carboxylic acids is 1. The van der Waals surface area contributed by atoms with E-state index in [0.29, 0.717) is 11.4 Å². The Labute approximate surface area is 111 Å². The average molecular weight is 259 g/mol. The van der Waals surface area contributed by atoms with Gasteiger partial charge in [0.1, 0.15) is 11.9 Å². The smallest absolute Gasteiger partial charge is 0.247 e. The largest absolute Gasteiger partial charge is 0.316 e. The summed E-state index contributed by atoms with van der Waals surface area (Å²) in [6.45, 7) is 3.83. The van der Waals surface area contributed by atoms with Crippen LogP contribution in [-0.4, -0.2) is 20.7 Å². The molecule has 2 rings (SSSR count). The van der Waals surface area contributed by atoms with Crippen molar-refractivity contribution in [3.8, 4) is 0 Å². The van der Waals surface area contributed by atoms with Crippen molar-refractivity contribution < 1.29 is 4.79 Å². The lowest BCUT2D eigenvalue weighted by Crippen LogP contribution is -2.27. The maximum atomic E-state index is 12.0. The maximum Gasteiger partial charge on any atom is 0.247 e. The van der Waals surface area contributed by atoms with Gasteiger partial charge in [-0.1, -0.05) is 0 Å². The van der Waals surface area contributed by atoms with Gasteiger partial charge in [0.15, 0.2) is 0 Å². The molecule has 0 aliphatic heterocycles. The second-order valence-electron chi connectivity index (χ2n) is 4.59. The van der Waals surface area contributed by atoms with Crippen molar-refractivity contribution in [2.75, 3.05) is 5.32 Å². The third-order valence-electron chi connectivity index (χ3n) is 2.72. The van der Waals surface area contributed by atoms with Crippen molar-refractivity contribution >= 4 is 11.7 Å². The number of pyridine rings is 1. The monoisotopic (exact) mass is 259 g/mol. The van der Waals surface area contributed by atoms with E-state index in [4.69, 9.17) is 5.73 Å². The Hall–Kier alpha value is -2.21. The summed E-state index contributed by atoms with van der Waals surface area (Å²) in [4.78, 5) is 16.3. The highest BCUT2D eigenvalue weighted by Gasteiger charge is 2.17. The van der Waals surface area contributed by atoms with E-state index >= 15 is 0 Å². The van der Waals surface area contributed by atoms with Crippen LogP contribution in [0.5, 0.6) is 0 Å². The van der Waals surface area contributed by atoms with Gasteiger partial charge in [0.05, 0.1) is 6.20 Å². The van der Waals surface area contributed by atoms with E-state index in [2.05, 4.69) is 15.4 Å². The lowest BCUT2D eigenvalue weighted by molar-refractivity contribution is -0.117. The second-order valence-corrected chi connectivity index (χ2v) is 4.59. The second kappa shape index (κ2) is 5.19. The lowest BCUT2D eigenvalue weighted by Gasteiger charge is -2.11. The van der Waals surface area contributed by atoms with E-state index in [-0.39, 0.29) is 5.91 Å². The Morgan fingerprint density at radius 2 is 2.16 bits per heavy atom. The molecule has 6 heteroatoms. The fourth-order valence-corrected chi connectivity index (χ4v) is 1.86. The lowest BCUT2D eigenvalue weighted by atomic mass is 10.1. The molecule has 0 radical (unpaired) electrons. The minimum Gasteiger partial charge on any atom is -0.316 e. The van der Waals surface area contributed by atoms with Crippen LogP contribution in [0.15, 0.2) is 24.5 Å². The predicted octanol–water partition coefficient (Wildman–Crippen LogP) is 1.07. The SMILES string of the molecule is Cc1cc(C)nc(NC(=O)C(N)c2cnn(C)c2)c1. The molecule has 2 aromatic rings. The normalized spacial score (nSPS) is 12.2. The number of amides is 1. The summed E-state index contributed by atoms with van der Waals surface area (Å²) < 4.78 is 1.61. The number of hydrogen-bond donors (Lipinski definition) is 2. The maximum absolute atomic E-state index is 12.0. The van der Waals surface area contributed by atoms with Crippen LogP contribution < -0.4 is 11.1 Å². The molecule has 0 saturated carbocycles. The Morgan fingerprint density at radius 1 is 1.42 bits per heavy atom. The molecule has 1 amide bonds. The first-order chi connectivity index (χ1) is 8.95. The van der Waals surface area contributed by atoms with Crippen molar-refractivity contribution in [3.05, 3.63) is 41.3 Å². The highest BCUT2D eigenvalue weighted by Crippen LogP contribution is 2.13. The molecule has 0 spiro atoms. The first-order valence-corrected chi connectivity index (χ1v) is 5.96. The molecule has 0 bridgehead atoms. The summed E-state index contributed by atoms with van der Waals surface area (Å²) in [7, 11) is 1.78. The summed E-state index contributed by atoms with van der Waals surface area (Å²) in [6, 6.07) is 2.99. The third-order valence-corrected chi connectivity index (χ3v) is 2.72. The van der Waals surface area contributed by atoms with Gasteiger partial charge in [0, 0.05) is 24.5 Å². The molecule has 100 valence electrons. The van der Waals surface area contributed by atoms with Crippen molar-refractivity contribution in [2.24, 2.45) is 12.8 Å². The van der Waals surface area contributed by atoms with E-state index in [0.717, 1.165) is 11.3 Å². The van der Waals surface area contributed by atoms with Gasteiger partial charge in [-0.3, -0.25) is 9.48 Å². The van der Waals surface area contributed by atoms with Gasteiger partial charge >= 0.3 is 0 Å². The zero-order valence-corrected chi connectivity index (χ0v) is 11.2. The quantitative estimate of drug-likeness (QED) is 0.863. The minimum atomic E-state index is -0.753. The molecule has 0 fully saturated rings. The van der Waals surface area contributed by atoms with Crippen LogP contribution in [0.2, 0.25) is 0 Å². The van der Waals surface area contributed by atoms with Crippen molar-refractivity contribution in [1.29, 1.82) is 0 Å². The molecule has 2 aromatic heterocycles. The fourth-order valence-electron chi connectivity index (χ4n) is 1.86. The number of aryl methyl sites for hydroxylation is 3. The Kier molecular flexibility index (Phi) is 3.62. The number of anilines is 1. The Bertz CT molecular complexity index is 585. The molecule has 0 aliphatic rings. The number of nitrogens with one attached hydrogen (secondary N) is 1. The predicted molar refractivity (Wildman–Crippen MR) is 72.5 cm³/mol. The van der Waals surface area contributed by atoms with E-state index in [1.165, 1.54) is 0 Å². The van der Waals surface area contributed by atoms with E-state index < -0.39 is 6.04 Å². The van der Waals surface area contributed by atoms with Crippen LogP contribution in [-0.2, 0) is 11.8 Å². The minimum absolute atomic E-state index is 0.300. The highest BCUT2D eigenvalue weighted by atomic mass is 16.2. The number of nitrogens with two attached hydrogens (primary N) is 1. The van der Waals surface area contributed by atoms with Gasteiger partial charge in [0.2, 0.25) is 5.91 Å². The van der Waals surface area contributed by atoms with Crippen molar-refractivity contribution in [1.82, 2.24) is 14.8 Å². The fraction of sp³-hybridized carbons (Fsp3) is 0.308. The third kappa shape index (κ3) is 3.17. The number of carbonyl (C=O) groups is 1. The molecule has 6 nitrogen and oxygen atoms in total. The molecular weight excluding hydrogens is 242 g/mol. The van der Waals surface area contributed by atoms with Crippen LogP contribution in [0.3, 0.4) is 0 Å². The van der Waals surface area contributed by atoms with Gasteiger partial charge in [-0.2, -0.15) is 5.10 Å². The number of rotatable bonds is 3. The molecule has 1 atom stereocenters. The summed E-state index contributed by atoms with van der Waals surface area (Å²) in [5.41, 5.74) is 8.45. The van der Waals surface area contributed by atoms with Crippen LogP contribution in [0.4, 0.5) is 5.82 Å². The standard InChI is InChI=1S/C13H17N5O/c1-8-4-9(2)16-11(5-8)17-13(19)12(14)10-6-15-18(3)7-10/h4-7,12H,14H2,1-3H3,(H,16,17,19). The topological polar surface area (TPSA) is 85.8 Å². The van der Waals surface area contributed by atoms with Crippen molar-refractivity contribution in [3.63, 3.8) is 0 Å². The van der Waals surface area contributed by atoms with Crippen LogP contribution >= 0.6 is 0 Å². The van der Waals surface area contributed by atoms with Gasteiger partial charge in [-0.25, -0.2) is 4.98 Å². The zero-order valence-electron chi connectivity index (χ0n) is 11.2. The zero-order chi connectivity index (χ0) is 14.0. The Balaban J connectivity index is 2.12. The molecule has 19 heavy (non-hydrogen) atoms. The van der Waals surface area contributed by atoms with E-state index in [9.17, 15) is 4.79 Å². The van der Waals surface area contributed by atoms with E-state index in [1.54, 1.807) is 30.2 Å².